The summed E-state index contributed by atoms with van der Waals surface area (Å²) in [4.78, 5) is 20.7. The molecule has 1 aromatic carbocycles. The Labute approximate surface area is 239 Å². The second-order valence-electron chi connectivity index (χ2n) is 10.4. The van der Waals surface area contributed by atoms with Gasteiger partial charge in [0, 0.05) is 48.5 Å². The lowest BCUT2D eigenvalue weighted by atomic mass is 9.69. The molecular formula is C28H34ClN7S2. The number of thiocarbonyl (C=S) groups is 1. The first-order valence-corrected chi connectivity index (χ1v) is 15.0. The fourth-order valence-electron chi connectivity index (χ4n) is 5.52. The Bertz CT molecular complexity index is 1240. The van der Waals surface area contributed by atoms with Gasteiger partial charge < -0.3 is 15.5 Å². The monoisotopic (exact) mass is 567 g/mol. The van der Waals surface area contributed by atoms with Crippen LogP contribution in [0, 0.1) is 5.92 Å². The van der Waals surface area contributed by atoms with Crippen LogP contribution in [0.2, 0.25) is 5.02 Å². The summed E-state index contributed by atoms with van der Waals surface area (Å²) < 4.78 is 0. The summed E-state index contributed by atoms with van der Waals surface area (Å²) in [6.45, 7) is 4.99. The number of piperidine rings is 1. The first-order chi connectivity index (χ1) is 18.5. The quantitative estimate of drug-likeness (QED) is 0.189. The van der Waals surface area contributed by atoms with Crippen LogP contribution in [0.25, 0.3) is 0 Å². The lowest BCUT2D eigenvalue weighted by molar-refractivity contribution is 0.292. The van der Waals surface area contributed by atoms with Gasteiger partial charge in [0.15, 0.2) is 10.3 Å². The number of benzene rings is 1. The smallest absolute Gasteiger partial charge is 0.232 e. The number of hydrogen-bond donors (Lipinski definition) is 2. The zero-order chi connectivity index (χ0) is 26.4. The zero-order valence-corrected chi connectivity index (χ0v) is 24.1. The van der Waals surface area contributed by atoms with Crippen molar-refractivity contribution in [2.75, 3.05) is 29.9 Å². The van der Waals surface area contributed by atoms with Crippen LogP contribution in [-0.4, -0.2) is 44.7 Å². The molecule has 2 N–H and O–H groups in total. The predicted octanol–water partition coefficient (Wildman–Crippen LogP) is 6.50. The largest absolute Gasteiger partial charge is 0.361 e. The molecule has 10 heteroatoms. The van der Waals surface area contributed by atoms with Crippen molar-refractivity contribution in [1.82, 2.24) is 25.3 Å². The molecule has 1 saturated carbocycles. The van der Waals surface area contributed by atoms with Crippen LogP contribution in [0.1, 0.15) is 57.4 Å². The van der Waals surface area contributed by atoms with E-state index in [1.54, 1.807) is 12.4 Å². The molecule has 2 fully saturated rings. The third-order valence-electron chi connectivity index (χ3n) is 7.47. The van der Waals surface area contributed by atoms with Crippen LogP contribution < -0.4 is 15.5 Å². The van der Waals surface area contributed by atoms with Crippen molar-refractivity contribution in [2.24, 2.45) is 5.92 Å². The van der Waals surface area contributed by atoms with Crippen molar-refractivity contribution < 1.29 is 0 Å². The highest BCUT2D eigenvalue weighted by Gasteiger charge is 2.34. The Hall–Kier alpha value is -2.49. The van der Waals surface area contributed by atoms with E-state index in [1.165, 1.54) is 43.0 Å². The van der Waals surface area contributed by atoms with Gasteiger partial charge >= 0.3 is 0 Å². The van der Waals surface area contributed by atoms with E-state index in [2.05, 4.69) is 44.6 Å². The average molecular weight is 568 g/mol. The highest BCUT2D eigenvalue weighted by molar-refractivity contribution is 7.99. The number of rotatable bonds is 7. The molecule has 1 aliphatic carbocycles. The summed E-state index contributed by atoms with van der Waals surface area (Å²) in [7, 11) is 0. The molecule has 0 amide bonds. The number of hydrogen-bond acceptors (Lipinski definition) is 7. The van der Waals surface area contributed by atoms with Crippen molar-refractivity contribution in [3.8, 4) is 0 Å². The van der Waals surface area contributed by atoms with Gasteiger partial charge in [0.25, 0.3) is 0 Å². The Kier molecular flexibility index (Phi) is 8.97. The van der Waals surface area contributed by atoms with Crippen LogP contribution in [0.4, 0.5) is 11.8 Å². The van der Waals surface area contributed by atoms with E-state index in [0.29, 0.717) is 22.1 Å². The van der Waals surface area contributed by atoms with Crippen molar-refractivity contribution in [1.29, 1.82) is 0 Å². The summed E-state index contributed by atoms with van der Waals surface area (Å²) >= 11 is 13.5. The van der Waals surface area contributed by atoms with Crippen molar-refractivity contribution in [2.45, 2.75) is 67.5 Å². The van der Waals surface area contributed by atoms with Gasteiger partial charge in [-0.25, -0.2) is 15.0 Å². The summed E-state index contributed by atoms with van der Waals surface area (Å²) in [6, 6.07) is 12.1. The number of anilines is 2. The zero-order valence-electron chi connectivity index (χ0n) is 21.7. The molecule has 0 spiro atoms. The molecule has 1 aliphatic heterocycles. The third-order valence-corrected chi connectivity index (χ3v) is 8.76. The van der Waals surface area contributed by atoms with Gasteiger partial charge in [-0.1, -0.05) is 49.9 Å². The molecule has 200 valence electrons. The minimum absolute atomic E-state index is 0.00714. The lowest BCUT2D eigenvalue weighted by Crippen LogP contribution is -2.43. The molecule has 7 nitrogen and oxygen atoms in total. The maximum absolute atomic E-state index is 6.37. The van der Waals surface area contributed by atoms with Gasteiger partial charge in [-0.2, -0.15) is 4.98 Å². The highest BCUT2D eigenvalue weighted by atomic mass is 35.5. The summed E-state index contributed by atoms with van der Waals surface area (Å²) in [5, 5.41) is 9.49. The molecule has 1 saturated heterocycles. The fraction of sp³-hybridized carbons (Fsp3) is 0.464. The van der Waals surface area contributed by atoms with E-state index in [-0.39, 0.29) is 5.41 Å². The van der Waals surface area contributed by atoms with Crippen molar-refractivity contribution in [3.05, 3.63) is 59.4 Å². The Balaban J connectivity index is 1.33. The molecule has 3 aromatic rings. The van der Waals surface area contributed by atoms with Gasteiger partial charge in [0.05, 0.1) is 0 Å². The summed E-state index contributed by atoms with van der Waals surface area (Å²) in [6.07, 6.45) is 11.8. The standard InChI is InChI=1S/C28H34ClN7S2/c1-20-8-6-15-36(18-20)23-17-24(38-27-30-13-7-14-31-27)34-25(33-23)35-26(37)32-19-28(11-3-2-4-12-28)21-9-5-10-22(29)16-21/h5,7,9-10,13-14,16-17,20H,2-4,6,8,11-12,15,18-19H2,1H3,(H2,32,33,34,35,37)/t20-/m0/s1. The van der Waals surface area contributed by atoms with Gasteiger partial charge in [-0.3, -0.25) is 0 Å². The van der Waals surface area contributed by atoms with E-state index < -0.39 is 0 Å². The molecule has 0 unspecified atom stereocenters. The molecule has 2 aromatic heterocycles. The van der Waals surface area contributed by atoms with Gasteiger partial charge in [-0.15, -0.1) is 0 Å². The van der Waals surface area contributed by atoms with E-state index in [9.17, 15) is 0 Å². The maximum atomic E-state index is 6.37. The van der Waals surface area contributed by atoms with E-state index in [0.717, 1.165) is 54.8 Å². The van der Waals surface area contributed by atoms with Crippen LogP contribution in [0.3, 0.4) is 0 Å². The molecule has 5 rings (SSSR count). The van der Waals surface area contributed by atoms with E-state index in [1.807, 2.05) is 24.3 Å². The number of nitrogens with zero attached hydrogens (tertiary/aromatic N) is 5. The van der Waals surface area contributed by atoms with Crippen LogP contribution in [0.15, 0.2) is 59.0 Å². The first-order valence-electron chi connectivity index (χ1n) is 13.4. The number of nitrogens with one attached hydrogen (secondary N) is 2. The Morgan fingerprint density at radius 3 is 2.68 bits per heavy atom. The normalized spacial score (nSPS) is 19.1. The maximum Gasteiger partial charge on any atom is 0.232 e. The van der Waals surface area contributed by atoms with Crippen molar-refractivity contribution in [3.63, 3.8) is 0 Å². The lowest BCUT2D eigenvalue weighted by Gasteiger charge is -2.38. The third kappa shape index (κ3) is 6.93. The van der Waals surface area contributed by atoms with Crippen molar-refractivity contribution >= 4 is 52.5 Å². The number of aromatic nitrogens is 4. The van der Waals surface area contributed by atoms with Gasteiger partial charge in [-0.05, 0) is 79.3 Å². The molecule has 38 heavy (non-hydrogen) atoms. The molecule has 1 atom stereocenters. The van der Waals surface area contributed by atoms with Crippen LogP contribution >= 0.6 is 35.6 Å². The van der Waals surface area contributed by atoms with Crippen LogP contribution in [-0.2, 0) is 5.41 Å². The average Bonchev–Trinajstić information content (AvgIpc) is 2.93. The Morgan fingerprint density at radius 1 is 1.11 bits per heavy atom. The highest BCUT2D eigenvalue weighted by Crippen LogP contribution is 2.40. The van der Waals surface area contributed by atoms with Gasteiger partial charge in [0.2, 0.25) is 5.95 Å². The predicted molar refractivity (Wildman–Crippen MR) is 159 cm³/mol. The van der Waals surface area contributed by atoms with Crippen LogP contribution in [0.5, 0.6) is 0 Å². The second kappa shape index (κ2) is 12.6. The SMILES string of the molecule is C[C@H]1CCCN(c2cc(Sc3ncccn3)nc(NC(=S)NCC3(c4cccc(Cl)c4)CCCCC3)n2)C1. The minimum Gasteiger partial charge on any atom is -0.361 e. The topological polar surface area (TPSA) is 78.9 Å². The summed E-state index contributed by atoms with van der Waals surface area (Å²) in [5.74, 6) is 2.01. The molecule has 3 heterocycles. The van der Waals surface area contributed by atoms with E-state index >= 15 is 0 Å². The number of halogens is 1. The molecular weight excluding hydrogens is 534 g/mol. The second-order valence-corrected chi connectivity index (χ2v) is 12.2. The summed E-state index contributed by atoms with van der Waals surface area (Å²) in [5.41, 5.74) is 1.28. The molecule has 2 aliphatic rings. The molecule has 0 radical (unpaired) electrons. The first kappa shape index (κ1) is 27.1. The van der Waals surface area contributed by atoms with E-state index in [4.69, 9.17) is 33.8 Å². The Morgan fingerprint density at radius 2 is 1.92 bits per heavy atom. The van der Waals surface area contributed by atoms with Gasteiger partial charge in [0.1, 0.15) is 10.8 Å². The fourth-order valence-corrected chi connectivity index (χ4v) is 6.59. The minimum atomic E-state index is 0.00714. The molecule has 0 bridgehead atoms.